The topological polar surface area (TPSA) is 59.1 Å². The Hall–Kier alpha value is -2.86. The zero-order valence-corrected chi connectivity index (χ0v) is 20.0. The predicted octanol–water partition coefficient (Wildman–Crippen LogP) is 5.17. The average Bonchev–Trinajstić information content (AvgIpc) is 2.73. The maximum atomic E-state index is 12.2. The number of methoxy groups -OCH3 is 1. The van der Waals surface area contributed by atoms with Crippen LogP contribution >= 0.6 is 0 Å². The van der Waals surface area contributed by atoms with Crippen molar-refractivity contribution in [3.63, 3.8) is 0 Å². The zero-order valence-electron chi connectivity index (χ0n) is 20.0. The first-order valence-corrected chi connectivity index (χ1v) is 11.0. The Morgan fingerprint density at radius 2 is 1.78 bits per heavy atom. The molecule has 0 unspecified atom stereocenters. The van der Waals surface area contributed by atoms with Gasteiger partial charge in [0.25, 0.3) is 0 Å². The molecule has 1 aromatic rings. The van der Waals surface area contributed by atoms with Gasteiger partial charge in [-0.15, -0.1) is 0 Å². The molecule has 32 heavy (non-hydrogen) atoms. The van der Waals surface area contributed by atoms with Crippen molar-refractivity contribution in [3.8, 4) is 0 Å². The average molecular weight is 441 g/mol. The number of benzene rings is 1. The summed E-state index contributed by atoms with van der Waals surface area (Å²) in [6, 6.07) is 8.19. The number of amides is 2. The van der Waals surface area contributed by atoms with Crippen LogP contribution in [0.25, 0.3) is 6.08 Å². The molecule has 0 N–H and O–H groups in total. The van der Waals surface area contributed by atoms with Crippen LogP contribution in [0.15, 0.2) is 54.3 Å². The van der Waals surface area contributed by atoms with Gasteiger partial charge in [0.1, 0.15) is 5.60 Å². The Bertz CT molecular complexity index is 853. The Morgan fingerprint density at radius 1 is 1.16 bits per heavy atom. The lowest BCUT2D eigenvalue weighted by Gasteiger charge is -2.31. The van der Waals surface area contributed by atoms with E-state index in [-0.39, 0.29) is 12.0 Å². The summed E-state index contributed by atoms with van der Waals surface area (Å²) < 4.78 is 10.6. The third-order valence-corrected chi connectivity index (χ3v) is 4.97. The molecule has 1 aromatic carbocycles. The molecule has 0 atom stereocenters. The minimum Gasteiger partial charge on any atom is -0.444 e. The molecular formula is C26H36N2O4. The van der Waals surface area contributed by atoms with Gasteiger partial charge in [-0.25, -0.2) is 4.79 Å². The van der Waals surface area contributed by atoms with E-state index in [2.05, 4.69) is 24.8 Å². The number of carbonyl (C=O) groups excluding carboxylic acids is 2. The van der Waals surface area contributed by atoms with E-state index >= 15 is 0 Å². The summed E-state index contributed by atoms with van der Waals surface area (Å²) in [7, 11) is 1.63. The van der Waals surface area contributed by atoms with Crippen LogP contribution in [0.1, 0.15) is 51.7 Å². The first-order valence-electron chi connectivity index (χ1n) is 11.0. The molecule has 1 saturated heterocycles. The van der Waals surface area contributed by atoms with E-state index in [0.717, 1.165) is 29.5 Å². The van der Waals surface area contributed by atoms with Gasteiger partial charge in [-0.05, 0) is 63.3 Å². The molecule has 0 spiro atoms. The third-order valence-electron chi connectivity index (χ3n) is 4.97. The number of nitrogens with zero attached hydrogens (tertiary/aromatic N) is 2. The van der Waals surface area contributed by atoms with Crippen molar-refractivity contribution in [1.82, 2.24) is 9.80 Å². The maximum absolute atomic E-state index is 12.2. The van der Waals surface area contributed by atoms with Crippen molar-refractivity contribution in [2.45, 2.75) is 52.7 Å². The summed E-state index contributed by atoms with van der Waals surface area (Å²) in [6.45, 7) is 13.5. The second kappa shape index (κ2) is 11.7. The van der Waals surface area contributed by atoms with Crippen LogP contribution in [0.2, 0.25) is 0 Å². The Morgan fingerprint density at radius 3 is 2.31 bits per heavy atom. The largest absolute Gasteiger partial charge is 0.444 e. The van der Waals surface area contributed by atoms with Gasteiger partial charge in [-0.2, -0.15) is 0 Å². The van der Waals surface area contributed by atoms with Crippen LogP contribution in [-0.2, 0) is 20.8 Å². The minimum absolute atomic E-state index is 0.150. The van der Waals surface area contributed by atoms with E-state index in [1.807, 2.05) is 46.0 Å². The molecular weight excluding hydrogens is 404 g/mol. The van der Waals surface area contributed by atoms with Crippen LogP contribution in [0, 0.1) is 0 Å². The second-order valence-corrected chi connectivity index (χ2v) is 9.09. The van der Waals surface area contributed by atoms with Gasteiger partial charge in [-0.3, -0.25) is 4.79 Å². The molecule has 1 aliphatic heterocycles. The van der Waals surface area contributed by atoms with Crippen molar-refractivity contribution in [2.75, 3.05) is 26.8 Å². The molecule has 0 bridgehead atoms. The number of hydrogen-bond donors (Lipinski definition) is 0. The van der Waals surface area contributed by atoms with Gasteiger partial charge in [0.15, 0.2) is 0 Å². The summed E-state index contributed by atoms with van der Waals surface area (Å²) in [5, 5.41) is 0. The van der Waals surface area contributed by atoms with Gasteiger partial charge in [0.05, 0.1) is 13.2 Å². The Labute approximate surface area is 192 Å². The maximum Gasteiger partial charge on any atom is 0.410 e. The third kappa shape index (κ3) is 8.35. The van der Waals surface area contributed by atoms with Gasteiger partial charge >= 0.3 is 6.09 Å². The highest BCUT2D eigenvalue weighted by Gasteiger charge is 2.24. The fourth-order valence-corrected chi connectivity index (χ4v) is 3.43. The van der Waals surface area contributed by atoms with Crippen molar-refractivity contribution in [2.24, 2.45) is 0 Å². The lowest BCUT2D eigenvalue weighted by atomic mass is 10.0. The molecule has 2 rings (SSSR count). The van der Waals surface area contributed by atoms with Crippen LogP contribution in [-0.4, -0.2) is 54.2 Å². The summed E-state index contributed by atoms with van der Waals surface area (Å²) in [6.07, 6.45) is 6.75. The molecule has 0 saturated carbocycles. The summed E-state index contributed by atoms with van der Waals surface area (Å²) >= 11 is 0. The monoisotopic (exact) mass is 440 g/mol. The fourth-order valence-electron chi connectivity index (χ4n) is 3.43. The first-order chi connectivity index (χ1) is 15.1. The molecule has 0 aromatic heterocycles. The van der Waals surface area contributed by atoms with Crippen LogP contribution in [0.4, 0.5) is 4.79 Å². The SMILES string of the molecule is C=CC(=O)N(C=C(C)COC)Cc1ccc(C=C2CCN(C(=O)OC(C)(C)C)CC2)cc1. The molecule has 6 nitrogen and oxygen atoms in total. The highest BCUT2D eigenvalue weighted by Crippen LogP contribution is 2.22. The molecule has 6 heteroatoms. The van der Waals surface area contributed by atoms with E-state index < -0.39 is 5.60 Å². The van der Waals surface area contributed by atoms with Crippen LogP contribution in [0.3, 0.4) is 0 Å². The Balaban J connectivity index is 1.98. The van der Waals surface area contributed by atoms with Crippen molar-refractivity contribution in [1.29, 1.82) is 0 Å². The highest BCUT2D eigenvalue weighted by atomic mass is 16.6. The van der Waals surface area contributed by atoms with Crippen LogP contribution < -0.4 is 0 Å². The molecule has 1 aliphatic rings. The molecule has 1 heterocycles. The van der Waals surface area contributed by atoms with E-state index in [9.17, 15) is 9.59 Å². The van der Waals surface area contributed by atoms with E-state index in [0.29, 0.717) is 26.2 Å². The van der Waals surface area contributed by atoms with E-state index in [1.54, 1.807) is 16.9 Å². The molecule has 0 radical (unpaired) electrons. The number of carbonyl (C=O) groups is 2. The predicted molar refractivity (Wildman–Crippen MR) is 128 cm³/mol. The highest BCUT2D eigenvalue weighted by molar-refractivity contribution is 5.87. The standard InChI is InChI=1S/C26H36N2O4/c1-7-24(29)28(17-20(2)19-31-6)18-23-10-8-21(9-11-23)16-22-12-14-27(15-13-22)25(30)32-26(3,4)5/h7-11,16-17H,1,12-15,18-19H2,2-6H3. The number of likely N-dealkylation sites (tertiary alicyclic amines) is 1. The lowest BCUT2D eigenvalue weighted by Crippen LogP contribution is -2.40. The summed E-state index contributed by atoms with van der Waals surface area (Å²) in [5.74, 6) is -0.150. The summed E-state index contributed by atoms with van der Waals surface area (Å²) in [5.41, 5.74) is 3.95. The Kier molecular flexibility index (Phi) is 9.27. The normalized spacial score (nSPS) is 14.7. The van der Waals surface area contributed by atoms with E-state index in [4.69, 9.17) is 9.47 Å². The van der Waals surface area contributed by atoms with Crippen molar-refractivity contribution in [3.05, 3.63) is 65.4 Å². The number of piperidine rings is 1. The van der Waals surface area contributed by atoms with E-state index in [1.165, 1.54) is 11.6 Å². The van der Waals surface area contributed by atoms with Crippen molar-refractivity contribution >= 4 is 18.1 Å². The smallest absolute Gasteiger partial charge is 0.410 e. The first kappa shape index (κ1) is 25.4. The van der Waals surface area contributed by atoms with Crippen LogP contribution in [0.5, 0.6) is 0 Å². The lowest BCUT2D eigenvalue weighted by molar-refractivity contribution is -0.124. The minimum atomic E-state index is -0.473. The summed E-state index contributed by atoms with van der Waals surface area (Å²) in [4.78, 5) is 27.8. The zero-order chi connectivity index (χ0) is 23.7. The quantitative estimate of drug-likeness (QED) is 0.549. The van der Waals surface area contributed by atoms with Crippen molar-refractivity contribution < 1.29 is 19.1 Å². The molecule has 0 aliphatic carbocycles. The van der Waals surface area contributed by atoms with Gasteiger partial charge < -0.3 is 19.3 Å². The fraction of sp³-hybridized carbons (Fsp3) is 0.462. The number of ether oxygens (including phenoxy) is 2. The van der Waals surface area contributed by atoms with Gasteiger partial charge in [-0.1, -0.05) is 42.5 Å². The molecule has 174 valence electrons. The van der Waals surface area contributed by atoms with Gasteiger partial charge in [0, 0.05) is 26.4 Å². The molecule has 2 amide bonds. The number of rotatable bonds is 7. The number of hydrogen-bond acceptors (Lipinski definition) is 4. The second-order valence-electron chi connectivity index (χ2n) is 9.09. The van der Waals surface area contributed by atoms with Gasteiger partial charge in [0.2, 0.25) is 5.91 Å². The molecule has 1 fully saturated rings.